The van der Waals surface area contributed by atoms with E-state index in [4.69, 9.17) is 5.11 Å². The molecule has 0 aliphatic carbocycles. The van der Waals surface area contributed by atoms with Gasteiger partial charge in [-0.2, -0.15) is 0 Å². The Morgan fingerprint density at radius 1 is 1.05 bits per heavy atom. The van der Waals surface area contributed by atoms with Crippen molar-refractivity contribution in [1.29, 1.82) is 0 Å². The van der Waals surface area contributed by atoms with E-state index in [-0.39, 0.29) is 6.61 Å². The molecule has 0 aromatic carbocycles. The van der Waals surface area contributed by atoms with Crippen LogP contribution in [0.3, 0.4) is 0 Å². The molecule has 0 aliphatic rings. The first-order valence-electron chi connectivity index (χ1n) is 7.27. The number of carbonyl (C=O) groups excluding carboxylic acids is 1. The molecule has 0 unspecified atom stereocenters. The van der Waals surface area contributed by atoms with Crippen molar-refractivity contribution in [2.75, 3.05) is 6.61 Å². The Bertz CT molecular complexity index is 543. The van der Waals surface area contributed by atoms with Crippen molar-refractivity contribution in [3.8, 4) is 0 Å². The summed E-state index contributed by atoms with van der Waals surface area (Å²) in [6, 6.07) is 0. The number of aromatic amines is 2. The minimum atomic E-state index is -0.543. The van der Waals surface area contributed by atoms with Crippen LogP contribution in [0.15, 0.2) is 15.7 Å². The summed E-state index contributed by atoms with van der Waals surface area (Å²) in [5, 5.41) is 8.66. The topological polar surface area (TPSA) is 103 Å². The number of aldehydes is 1. The lowest BCUT2D eigenvalue weighted by molar-refractivity contribution is -0.104. The van der Waals surface area contributed by atoms with E-state index in [0.717, 1.165) is 25.7 Å². The van der Waals surface area contributed by atoms with Gasteiger partial charge in [0.1, 0.15) is 6.29 Å². The molecule has 0 aliphatic heterocycles. The molecule has 0 spiro atoms. The second-order valence-corrected chi connectivity index (χ2v) is 4.18. The van der Waals surface area contributed by atoms with Crippen LogP contribution < -0.4 is 11.2 Å². The number of hydrogen-bond donors (Lipinski definition) is 3. The molecule has 1 rings (SSSR count). The lowest BCUT2D eigenvalue weighted by atomic mass is 10.1. The van der Waals surface area contributed by atoms with Crippen LogP contribution in [0, 0.1) is 0 Å². The highest BCUT2D eigenvalue weighted by atomic mass is 16.3. The number of aryl methyl sites for hydroxylation is 1. The van der Waals surface area contributed by atoms with Crippen molar-refractivity contribution in [2.45, 2.75) is 46.0 Å². The zero-order valence-corrected chi connectivity index (χ0v) is 12.6. The summed E-state index contributed by atoms with van der Waals surface area (Å²) in [4.78, 5) is 37.9. The standard InChI is InChI=1S/C13H18N2O4.C2H6/c16-8-4-2-1-3-7-11-10(6-5-9-17)12(18)15-13(19)14-11;1-2/h5-6,9,16H,1-4,7-8H2,(H2,14,15,18,19);1-2H3/b6-5+;. The molecule has 0 saturated heterocycles. The number of rotatable bonds is 8. The summed E-state index contributed by atoms with van der Waals surface area (Å²) in [6.07, 6.45) is 7.13. The van der Waals surface area contributed by atoms with Gasteiger partial charge in [-0.15, -0.1) is 0 Å². The third-order valence-corrected chi connectivity index (χ3v) is 2.74. The molecule has 0 bridgehead atoms. The predicted molar refractivity (Wildman–Crippen MR) is 83.4 cm³/mol. The zero-order valence-electron chi connectivity index (χ0n) is 12.6. The minimum Gasteiger partial charge on any atom is -0.396 e. The van der Waals surface area contributed by atoms with Gasteiger partial charge in [0.15, 0.2) is 0 Å². The number of hydrogen-bond acceptors (Lipinski definition) is 4. The first-order chi connectivity index (χ1) is 10.2. The van der Waals surface area contributed by atoms with E-state index < -0.39 is 11.2 Å². The van der Waals surface area contributed by atoms with Crippen LogP contribution in [0.5, 0.6) is 0 Å². The van der Waals surface area contributed by atoms with Gasteiger partial charge in [-0.3, -0.25) is 14.6 Å². The molecule has 118 valence electrons. The van der Waals surface area contributed by atoms with E-state index in [1.807, 2.05) is 13.8 Å². The lowest BCUT2D eigenvalue weighted by Crippen LogP contribution is -2.26. The van der Waals surface area contributed by atoms with Gasteiger partial charge in [-0.05, 0) is 31.4 Å². The summed E-state index contributed by atoms with van der Waals surface area (Å²) in [7, 11) is 0. The number of aliphatic hydroxyl groups excluding tert-OH is 1. The Balaban J connectivity index is 0.00000191. The fourth-order valence-electron chi connectivity index (χ4n) is 1.82. The van der Waals surface area contributed by atoms with E-state index in [2.05, 4.69) is 9.97 Å². The maximum atomic E-state index is 11.6. The van der Waals surface area contributed by atoms with Gasteiger partial charge in [-0.25, -0.2) is 4.79 Å². The largest absolute Gasteiger partial charge is 0.396 e. The number of nitrogens with one attached hydrogen (secondary N) is 2. The van der Waals surface area contributed by atoms with Gasteiger partial charge in [0, 0.05) is 12.3 Å². The zero-order chi connectivity index (χ0) is 16.1. The molecular weight excluding hydrogens is 272 g/mol. The molecule has 0 atom stereocenters. The van der Waals surface area contributed by atoms with Crippen LogP contribution in [-0.2, 0) is 11.2 Å². The third kappa shape index (κ3) is 7.41. The summed E-state index contributed by atoms with van der Waals surface area (Å²) in [5.41, 5.74) is -0.185. The molecule has 0 radical (unpaired) electrons. The van der Waals surface area contributed by atoms with Gasteiger partial charge < -0.3 is 10.1 Å². The molecule has 6 nitrogen and oxygen atoms in total. The average Bonchev–Trinajstić information content (AvgIpc) is 2.48. The quantitative estimate of drug-likeness (QED) is 0.383. The molecule has 3 N–H and O–H groups in total. The molecule has 0 saturated carbocycles. The molecular formula is C15H24N2O4. The minimum absolute atomic E-state index is 0.176. The average molecular weight is 296 g/mol. The molecule has 1 aromatic heterocycles. The Kier molecular flexibility index (Phi) is 10.7. The SMILES string of the molecule is CC.O=C/C=C/c1c(CCCCCCO)[nH]c(=O)[nH]c1=O. The van der Waals surface area contributed by atoms with Crippen LogP contribution in [0.2, 0.25) is 0 Å². The van der Waals surface area contributed by atoms with E-state index in [9.17, 15) is 14.4 Å². The fourth-order valence-corrected chi connectivity index (χ4v) is 1.82. The molecule has 0 fully saturated rings. The molecule has 0 amide bonds. The summed E-state index contributed by atoms with van der Waals surface area (Å²) >= 11 is 0. The number of aliphatic hydroxyl groups is 1. The van der Waals surface area contributed by atoms with E-state index in [0.29, 0.717) is 24.0 Å². The number of aromatic nitrogens is 2. The fraction of sp³-hybridized carbons (Fsp3) is 0.533. The number of allylic oxidation sites excluding steroid dienone is 1. The van der Waals surface area contributed by atoms with Crippen molar-refractivity contribution in [3.63, 3.8) is 0 Å². The number of H-pyrrole nitrogens is 2. The van der Waals surface area contributed by atoms with Crippen LogP contribution in [-0.4, -0.2) is 28.0 Å². The highest BCUT2D eigenvalue weighted by molar-refractivity contribution is 5.74. The Morgan fingerprint density at radius 2 is 1.71 bits per heavy atom. The molecule has 6 heteroatoms. The van der Waals surface area contributed by atoms with Gasteiger partial charge in [0.05, 0.1) is 5.56 Å². The van der Waals surface area contributed by atoms with E-state index >= 15 is 0 Å². The maximum Gasteiger partial charge on any atom is 0.325 e. The van der Waals surface area contributed by atoms with Gasteiger partial charge in [0.2, 0.25) is 0 Å². The smallest absolute Gasteiger partial charge is 0.325 e. The molecule has 21 heavy (non-hydrogen) atoms. The summed E-state index contributed by atoms with van der Waals surface area (Å²) in [5.74, 6) is 0. The lowest BCUT2D eigenvalue weighted by Gasteiger charge is -2.04. The third-order valence-electron chi connectivity index (χ3n) is 2.74. The van der Waals surface area contributed by atoms with Gasteiger partial charge in [-0.1, -0.05) is 26.7 Å². The van der Waals surface area contributed by atoms with Crippen molar-refractivity contribution in [2.24, 2.45) is 0 Å². The maximum absolute atomic E-state index is 11.6. The van der Waals surface area contributed by atoms with Crippen molar-refractivity contribution in [1.82, 2.24) is 9.97 Å². The Morgan fingerprint density at radius 3 is 2.33 bits per heavy atom. The Hall–Kier alpha value is -1.95. The monoisotopic (exact) mass is 296 g/mol. The van der Waals surface area contributed by atoms with E-state index in [1.54, 1.807) is 0 Å². The van der Waals surface area contributed by atoms with Gasteiger partial charge >= 0.3 is 5.69 Å². The summed E-state index contributed by atoms with van der Waals surface area (Å²) in [6.45, 7) is 4.18. The van der Waals surface area contributed by atoms with Gasteiger partial charge in [0.25, 0.3) is 5.56 Å². The van der Waals surface area contributed by atoms with E-state index in [1.165, 1.54) is 12.2 Å². The second-order valence-electron chi connectivity index (χ2n) is 4.18. The highest BCUT2D eigenvalue weighted by Gasteiger charge is 2.06. The Labute approximate surface area is 123 Å². The summed E-state index contributed by atoms with van der Waals surface area (Å²) < 4.78 is 0. The van der Waals surface area contributed by atoms with Crippen molar-refractivity contribution >= 4 is 12.4 Å². The van der Waals surface area contributed by atoms with Crippen LogP contribution in [0.1, 0.15) is 50.8 Å². The number of unbranched alkanes of at least 4 members (excludes halogenated alkanes) is 3. The normalized spacial score (nSPS) is 10.2. The van der Waals surface area contributed by atoms with Crippen LogP contribution >= 0.6 is 0 Å². The molecule has 1 heterocycles. The van der Waals surface area contributed by atoms with Crippen molar-refractivity contribution in [3.05, 3.63) is 38.2 Å². The van der Waals surface area contributed by atoms with Crippen LogP contribution in [0.25, 0.3) is 6.08 Å². The van der Waals surface area contributed by atoms with Crippen LogP contribution in [0.4, 0.5) is 0 Å². The predicted octanol–water partition coefficient (Wildman–Crippen LogP) is 1.40. The highest BCUT2D eigenvalue weighted by Crippen LogP contribution is 2.08. The first kappa shape index (κ1) is 19.1. The second kappa shape index (κ2) is 11.8. The number of carbonyl (C=O) groups is 1. The first-order valence-corrected chi connectivity index (χ1v) is 7.27. The molecule has 1 aromatic rings. The van der Waals surface area contributed by atoms with Crippen molar-refractivity contribution < 1.29 is 9.90 Å².